The topological polar surface area (TPSA) is 11.4 Å². The van der Waals surface area contributed by atoms with Crippen LogP contribution in [0.1, 0.15) is 142 Å². The Morgan fingerprint density at radius 3 is 1.56 bits per heavy atom. The number of hydrogen-bond acceptors (Lipinski definition) is 3. The second kappa shape index (κ2) is 15.4. The third-order valence-electron chi connectivity index (χ3n) is 15.3. The molecule has 0 spiro atoms. The maximum absolute atomic E-state index is 2.69. The minimum absolute atomic E-state index is 0.0228. The maximum Gasteiger partial charge on any atom is 0.273 e. The van der Waals surface area contributed by atoms with E-state index in [4.69, 9.17) is 0 Å². The van der Waals surface area contributed by atoms with Gasteiger partial charge in [0.05, 0.1) is 11.2 Å². The van der Waals surface area contributed by atoms with E-state index in [0.29, 0.717) is 17.1 Å². The molecule has 0 amide bonds. The van der Waals surface area contributed by atoms with Crippen molar-refractivity contribution in [3.05, 3.63) is 173 Å². The van der Waals surface area contributed by atoms with E-state index in [-0.39, 0.29) is 28.4 Å². The quantitative estimate of drug-likeness (QED) is 0.163. The fourth-order valence-corrected chi connectivity index (χ4v) is 12.8. The van der Waals surface area contributed by atoms with Crippen LogP contribution < -0.4 is 26.3 Å². The summed E-state index contributed by atoms with van der Waals surface area (Å²) in [5, 5.41) is 1.72. The zero-order valence-corrected chi connectivity index (χ0v) is 43.7. The van der Waals surface area contributed by atoms with Gasteiger partial charge in [-0.2, -0.15) is 0 Å². The summed E-state index contributed by atoms with van der Waals surface area (Å²) in [5.74, 6) is 0.646. The van der Waals surface area contributed by atoms with Gasteiger partial charge in [0.25, 0.3) is 6.71 Å². The SMILES string of the molecule is CC(C)c1cc2c3c(c1)N(c1ccc(C(C)(C)C)cc1)c1c(n(-c4ccc(C(C)(C)C)cc4)c4ccc5c(c14)SC1C=CC=C[C@H]51)B3c1cc(C(C)(C)C)ccc1N2c1ccc(C(C)(C)C)cc1. The molecule has 11 rings (SSSR count). The molecule has 5 heteroatoms. The van der Waals surface area contributed by atoms with Gasteiger partial charge in [0.15, 0.2) is 0 Å². The number of nitrogens with zero attached hydrogens (tertiary/aromatic N) is 3. The van der Waals surface area contributed by atoms with Crippen molar-refractivity contribution in [2.45, 2.75) is 141 Å². The zero-order valence-electron chi connectivity index (χ0n) is 42.8. The monoisotopic (exact) mass is 910 g/mol. The molecule has 3 aliphatic heterocycles. The number of rotatable bonds is 4. The van der Waals surface area contributed by atoms with Crippen molar-refractivity contribution in [1.82, 2.24) is 4.57 Å². The average Bonchev–Trinajstić information content (AvgIpc) is 3.84. The van der Waals surface area contributed by atoms with Gasteiger partial charge >= 0.3 is 0 Å². The van der Waals surface area contributed by atoms with E-state index in [9.17, 15) is 0 Å². The van der Waals surface area contributed by atoms with Crippen molar-refractivity contribution in [2.24, 2.45) is 0 Å². The molecular weight excluding hydrogens is 842 g/mol. The number of fused-ring (bicyclic) bond motifs is 10. The largest absolute Gasteiger partial charge is 0.319 e. The fraction of sp³-hybridized carbons (Fsp3) is 0.333. The first-order valence-corrected chi connectivity index (χ1v) is 25.9. The van der Waals surface area contributed by atoms with Gasteiger partial charge in [-0.25, -0.2) is 0 Å². The Hall–Kier alpha value is -5.65. The lowest BCUT2D eigenvalue weighted by Gasteiger charge is -2.44. The predicted molar refractivity (Wildman–Crippen MR) is 297 cm³/mol. The fourth-order valence-electron chi connectivity index (χ4n) is 11.3. The molecule has 1 unspecified atom stereocenters. The zero-order chi connectivity index (χ0) is 48.0. The second-order valence-electron chi connectivity index (χ2n) is 24.5. The van der Waals surface area contributed by atoms with Gasteiger partial charge in [-0.3, -0.25) is 0 Å². The molecule has 0 saturated carbocycles. The molecule has 4 aliphatic rings. The highest BCUT2D eigenvalue weighted by molar-refractivity contribution is 8.00. The van der Waals surface area contributed by atoms with Gasteiger partial charge in [-0.15, -0.1) is 11.8 Å². The normalized spacial score (nSPS) is 17.4. The average molecular weight is 910 g/mol. The van der Waals surface area contributed by atoms with Crippen molar-refractivity contribution in [3.63, 3.8) is 0 Å². The standard InChI is InChI=1S/C63H68BN3S/c1-38(2)39-35-52-56-53(36-39)66(45-28-21-41(22-29-45)61(6,7)8)57-55-51(34-32-48-47-17-15-16-18-54(47)68-58(48)55)67(46-30-23-42(24-31-46)62(9,10)11)59(57)64(56)49-37-43(63(12,13)14)25-33-50(49)65(52)44-26-19-40(20-27-44)60(3,4)5/h15-38,47,54H,1-14H3/t47-,54?/m1/s1. The molecule has 7 aromatic rings. The molecule has 0 bridgehead atoms. The lowest BCUT2D eigenvalue weighted by molar-refractivity contribution is 0.590. The van der Waals surface area contributed by atoms with Crippen molar-refractivity contribution < 1.29 is 0 Å². The molecule has 3 nitrogen and oxygen atoms in total. The predicted octanol–water partition coefficient (Wildman–Crippen LogP) is 15.7. The maximum atomic E-state index is 2.69. The van der Waals surface area contributed by atoms with E-state index in [0.717, 1.165) is 0 Å². The van der Waals surface area contributed by atoms with E-state index >= 15 is 0 Å². The Morgan fingerprint density at radius 1 is 0.515 bits per heavy atom. The Labute approximate surface area is 411 Å². The number of allylic oxidation sites excluding steroid dienone is 3. The summed E-state index contributed by atoms with van der Waals surface area (Å²) >= 11 is 2.06. The van der Waals surface area contributed by atoms with Crippen molar-refractivity contribution >= 4 is 80.0 Å². The van der Waals surface area contributed by atoms with Crippen LogP contribution >= 0.6 is 11.8 Å². The van der Waals surface area contributed by atoms with Crippen molar-refractivity contribution in [2.75, 3.05) is 9.80 Å². The molecular formula is C63H68BN3S. The van der Waals surface area contributed by atoms with Crippen LogP contribution in [0.3, 0.4) is 0 Å². The summed E-state index contributed by atoms with van der Waals surface area (Å²) in [6.07, 6.45) is 9.35. The minimum atomic E-state index is -0.0671. The van der Waals surface area contributed by atoms with Gasteiger partial charge < -0.3 is 14.4 Å². The van der Waals surface area contributed by atoms with E-state index in [1.54, 1.807) is 0 Å². The van der Waals surface area contributed by atoms with Crippen LogP contribution in [-0.4, -0.2) is 16.5 Å². The molecule has 2 atom stereocenters. The van der Waals surface area contributed by atoms with Gasteiger partial charge in [-0.05, 0) is 133 Å². The lowest BCUT2D eigenvalue weighted by Crippen LogP contribution is -2.63. The van der Waals surface area contributed by atoms with E-state index < -0.39 is 0 Å². The number of hydrogen-bond donors (Lipinski definition) is 0. The number of thioether (sulfide) groups is 1. The van der Waals surface area contributed by atoms with Crippen LogP contribution in [0.5, 0.6) is 0 Å². The smallest absolute Gasteiger partial charge is 0.273 e. The molecule has 6 aromatic carbocycles. The second-order valence-corrected chi connectivity index (χ2v) is 25.7. The van der Waals surface area contributed by atoms with Crippen LogP contribution in [0.4, 0.5) is 34.1 Å². The molecule has 0 N–H and O–H groups in total. The van der Waals surface area contributed by atoms with Gasteiger partial charge in [0.2, 0.25) is 0 Å². The summed E-state index contributed by atoms with van der Waals surface area (Å²) in [4.78, 5) is 6.71. The summed E-state index contributed by atoms with van der Waals surface area (Å²) < 4.78 is 2.68. The molecule has 68 heavy (non-hydrogen) atoms. The summed E-state index contributed by atoms with van der Waals surface area (Å²) in [6.45, 7) is 32.6. The van der Waals surface area contributed by atoms with Crippen LogP contribution in [0.2, 0.25) is 0 Å². The van der Waals surface area contributed by atoms with E-state index in [1.807, 2.05) is 0 Å². The highest BCUT2D eigenvalue weighted by Gasteiger charge is 2.49. The van der Waals surface area contributed by atoms with Crippen molar-refractivity contribution in [1.29, 1.82) is 0 Å². The first-order valence-electron chi connectivity index (χ1n) is 25.1. The molecule has 0 radical (unpaired) electrons. The molecule has 4 heterocycles. The van der Waals surface area contributed by atoms with Crippen molar-refractivity contribution in [3.8, 4) is 5.69 Å². The van der Waals surface area contributed by atoms with Gasteiger partial charge in [-0.1, -0.05) is 176 Å². The molecule has 0 saturated heterocycles. The number of anilines is 6. The minimum Gasteiger partial charge on any atom is -0.319 e. The van der Waals surface area contributed by atoms with E-state index in [1.165, 1.54) is 106 Å². The molecule has 1 aromatic heterocycles. The first kappa shape index (κ1) is 44.8. The number of benzene rings is 6. The number of aromatic nitrogens is 1. The summed E-state index contributed by atoms with van der Waals surface area (Å²) in [7, 11) is 0. The Morgan fingerprint density at radius 2 is 1.01 bits per heavy atom. The Bertz CT molecular complexity index is 3210. The molecule has 0 fully saturated rings. The Balaban J connectivity index is 1.32. The highest BCUT2D eigenvalue weighted by Crippen LogP contribution is 2.56. The van der Waals surface area contributed by atoms with Gasteiger partial charge in [0, 0.05) is 61.2 Å². The molecule has 1 aliphatic carbocycles. The van der Waals surface area contributed by atoms with Crippen LogP contribution in [0.15, 0.2) is 144 Å². The third-order valence-corrected chi connectivity index (χ3v) is 16.7. The van der Waals surface area contributed by atoms with E-state index in [2.05, 4.69) is 263 Å². The third kappa shape index (κ3) is 7.08. The lowest BCUT2D eigenvalue weighted by atomic mass is 9.34. The van der Waals surface area contributed by atoms with Crippen LogP contribution in [0.25, 0.3) is 16.6 Å². The van der Waals surface area contributed by atoms with Crippen LogP contribution in [-0.2, 0) is 21.7 Å². The summed E-state index contributed by atoms with van der Waals surface area (Å²) in [6, 6.07) is 45.9. The Kier molecular flexibility index (Phi) is 10.2. The van der Waals surface area contributed by atoms with Gasteiger partial charge in [0.1, 0.15) is 0 Å². The highest BCUT2D eigenvalue weighted by atomic mass is 32.2. The molecule has 344 valence electrons. The first-order chi connectivity index (χ1) is 32.1. The van der Waals surface area contributed by atoms with Crippen LogP contribution in [0, 0.1) is 0 Å². The summed E-state index contributed by atoms with van der Waals surface area (Å²) in [5.41, 5.74) is 22.2.